The van der Waals surface area contributed by atoms with E-state index >= 15 is 0 Å². The third-order valence-electron chi connectivity index (χ3n) is 3.08. The average molecular weight is 164 g/mol. The maximum Gasteiger partial charge on any atom is -0.0167 e. The highest BCUT2D eigenvalue weighted by Crippen LogP contribution is 2.31. The van der Waals surface area contributed by atoms with Crippen LogP contribution in [0.3, 0.4) is 0 Å². The Morgan fingerprint density at radius 1 is 1.33 bits per heavy atom. The fraction of sp³-hybridized carbons (Fsp3) is 0.667. The molecule has 0 aromatic carbocycles. The summed E-state index contributed by atoms with van der Waals surface area (Å²) in [5.41, 5.74) is 3.08. The van der Waals surface area contributed by atoms with Crippen molar-refractivity contribution in [1.29, 1.82) is 0 Å². The topological polar surface area (TPSA) is 0 Å². The average Bonchev–Trinajstić information content (AvgIpc) is 2.09. The van der Waals surface area contributed by atoms with Crippen molar-refractivity contribution in [3.05, 3.63) is 23.3 Å². The SMILES string of the molecule is CCC1=CC(CC)C(C)C(C)=C1. The number of hydrogen-bond acceptors (Lipinski definition) is 0. The summed E-state index contributed by atoms with van der Waals surface area (Å²) >= 11 is 0. The minimum absolute atomic E-state index is 0.755. The largest absolute Gasteiger partial charge is 0.0776 e. The van der Waals surface area contributed by atoms with Crippen LogP contribution < -0.4 is 0 Å². The number of allylic oxidation sites excluding steroid dienone is 4. The first-order valence-electron chi connectivity index (χ1n) is 5.07. The van der Waals surface area contributed by atoms with E-state index in [1.165, 1.54) is 18.4 Å². The van der Waals surface area contributed by atoms with E-state index in [0.717, 1.165) is 11.8 Å². The summed E-state index contributed by atoms with van der Waals surface area (Å²) in [6, 6.07) is 0. The fourth-order valence-corrected chi connectivity index (χ4v) is 1.92. The van der Waals surface area contributed by atoms with Gasteiger partial charge in [-0.3, -0.25) is 0 Å². The summed E-state index contributed by atoms with van der Waals surface area (Å²) in [6.45, 7) is 9.11. The van der Waals surface area contributed by atoms with Crippen LogP contribution in [0.5, 0.6) is 0 Å². The lowest BCUT2D eigenvalue weighted by Gasteiger charge is -2.25. The molecule has 0 amide bonds. The summed E-state index contributed by atoms with van der Waals surface area (Å²) in [5.74, 6) is 1.54. The Kier molecular flexibility index (Phi) is 3.13. The molecule has 0 saturated heterocycles. The van der Waals surface area contributed by atoms with Crippen LogP contribution >= 0.6 is 0 Å². The molecule has 0 heteroatoms. The van der Waals surface area contributed by atoms with Crippen LogP contribution in [0.15, 0.2) is 23.3 Å². The quantitative estimate of drug-likeness (QED) is 0.580. The van der Waals surface area contributed by atoms with Crippen molar-refractivity contribution < 1.29 is 0 Å². The molecule has 1 aliphatic carbocycles. The first-order chi connectivity index (χ1) is 5.69. The molecular formula is C12H20. The minimum Gasteiger partial charge on any atom is -0.0776 e. The molecule has 0 spiro atoms. The van der Waals surface area contributed by atoms with Crippen molar-refractivity contribution in [3.8, 4) is 0 Å². The summed E-state index contributed by atoms with van der Waals surface area (Å²) < 4.78 is 0. The van der Waals surface area contributed by atoms with E-state index in [9.17, 15) is 0 Å². The van der Waals surface area contributed by atoms with Crippen LogP contribution in [-0.2, 0) is 0 Å². The van der Waals surface area contributed by atoms with E-state index < -0.39 is 0 Å². The van der Waals surface area contributed by atoms with Crippen LogP contribution in [0, 0.1) is 11.8 Å². The predicted octanol–water partition coefficient (Wildman–Crippen LogP) is 3.95. The molecule has 0 aromatic heterocycles. The zero-order valence-corrected chi connectivity index (χ0v) is 8.72. The Bertz CT molecular complexity index is 208. The van der Waals surface area contributed by atoms with E-state index in [1.54, 1.807) is 5.57 Å². The van der Waals surface area contributed by atoms with Crippen molar-refractivity contribution in [2.45, 2.75) is 40.5 Å². The van der Waals surface area contributed by atoms with E-state index in [4.69, 9.17) is 0 Å². The van der Waals surface area contributed by atoms with E-state index in [1.807, 2.05) is 0 Å². The highest BCUT2D eigenvalue weighted by molar-refractivity contribution is 5.29. The van der Waals surface area contributed by atoms with E-state index in [-0.39, 0.29) is 0 Å². The lowest BCUT2D eigenvalue weighted by molar-refractivity contribution is 0.464. The molecule has 0 nitrogen and oxygen atoms in total. The molecule has 0 N–H and O–H groups in total. The number of hydrogen-bond donors (Lipinski definition) is 0. The van der Waals surface area contributed by atoms with Gasteiger partial charge in [-0.25, -0.2) is 0 Å². The van der Waals surface area contributed by atoms with Crippen molar-refractivity contribution in [1.82, 2.24) is 0 Å². The lowest BCUT2D eigenvalue weighted by Crippen LogP contribution is -2.13. The van der Waals surface area contributed by atoms with Crippen LogP contribution in [0.4, 0.5) is 0 Å². The molecule has 0 aromatic rings. The molecule has 0 aliphatic heterocycles. The molecule has 0 radical (unpaired) electrons. The Morgan fingerprint density at radius 2 is 2.00 bits per heavy atom. The Labute approximate surface area is 76.4 Å². The molecule has 1 rings (SSSR count). The summed E-state index contributed by atoms with van der Waals surface area (Å²) in [5, 5.41) is 0. The molecule has 0 saturated carbocycles. The van der Waals surface area contributed by atoms with Gasteiger partial charge < -0.3 is 0 Å². The van der Waals surface area contributed by atoms with Crippen LogP contribution in [0.25, 0.3) is 0 Å². The molecule has 1 aliphatic rings. The molecular weight excluding hydrogens is 144 g/mol. The van der Waals surface area contributed by atoms with Gasteiger partial charge in [-0.2, -0.15) is 0 Å². The van der Waals surface area contributed by atoms with Crippen molar-refractivity contribution in [2.24, 2.45) is 11.8 Å². The van der Waals surface area contributed by atoms with Gasteiger partial charge in [-0.1, -0.05) is 44.1 Å². The Hall–Kier alpha value is -0.520. The minimum atomic E-state index is 0.755. The molecule has 12 heavy (non-hydrogen) atoms. The second kappa shape index (κ2) is 3.93. The van der Waals surface area contributed by atoms with Gasteiger partial charge in [0.15, 0.2) is 0 Å². The summed E-state index contributed by atoms with van der Waals surface area (Å²) in [7, 11) is 0. The molecule has 0 bridgehead atoms. The highest BCUT2D eigenvalue weighted by atomic mass is 14.2. The zero-order valence-electron chi connectivity index (χ0n) is 8.72. The maximum atomic E-state index is 2.46. The van der Waals surface area contributed by atoms with Gasteiger partial charge in [-0.15, -0.1) is 0 Å². The first kappa shape index (κ1) is 9.57. The van der Waals surface area contributed by atoms with Crippen molar-refractivity contribution >= 4 is 0 Å². The second-order valence-corrected chi connectivity index (χ2v) is 3.84. The molecule has 0 fully saturated rings. The highest BCUT2D eigenvalue weighted by Gasteiger charge is 2.18. The molecule has 68 valence electrons. The van der Waals surface area contributed by atoms with Gasteiger partial charge in [0.2, 0.25) is 0 Å². The Balaban J connectivity index is 2.82. The van der Waals surface area contributed by atoms with Gasteiger partial charge in [0, 0.05) is 0 Å². The van der Waals surface area contributed by atoms with Gasteiger partial charge in [0.25, 0.3) is 0 Å². The maximum absolute atomic E-state index is 2.46. The number of rotatable bonds is 2. The van der Waals surface area contributed by atoms with E-state index in [0.29, 0.717) is 0 Å². The third-order valence-corrected chi connectivity index (χ3v) is 3.08. The van der Waals surface area contributed by atoms with Crippen molar-refractivity contribution in [2.75, 3.05) is 0 Å². The molecule has 2 unspecified atom stereocenters. The van der Waals surface area contributed by atoms with Crippen LogP contribution in [-0.4, -0.2) is 0 Å². The van der Waals surface area contributed by atoms with E-state index in [2.05, 4.69) is 39.8 Å². The normalized spacial score (nSPS) is 29.7. The Morgan fingerprint density at radius 3 is 2.50 bits per heavy atom. The fourth-order valence-electron chi connectivity index (χ4n) is 1.92. The zero-order chi connectivity index (χ0) is 9.14. The summed E-state index contributed by atoms with van der Waals surface area (Å²) in [6.07, 6.45) is 7.27. The third kappa shape index (κ3) is 1.80. The second-order valence-electron chi connectivity index (χ2n) is 3.84. The predicted molar refractivity (Wildman–Crippen MR) is 55.1 cm³/mol. The standard InChI is InChI=1S/C12H20/c1-5-11-7-9(3)10(4)12(6-2)8-11/h7-8,10,12H,5-6H2,1-4H3. The summed E-state index contributed by atoms with van der Waals surface area (Å²) in [4.78, 5) is 0. The van der Waals surface area contributed by atoms with Gasteiger partial charge in [0.1, 0.15) is 0 Å². The van der Waals surface area contributed by atoms with Gasteiger partial charge >= 0.3 is 0 Å². The monoisotopic (exact) mass is 164 g/mol. The van der Waals surface area contributed by atoms with Crippen molar-refractivity contribution in [3.63, 3.8) is 0 Å². The lowest BCUT2D eigenvalue weighted by atomic mass is 9.80. The smallest absolute Gasteiger partial charge is 0.0167 e. The molecule has 0 heterocycles. The van der Waals surface area contributed by atoms with Crippen LogP contribution in [0.1, 0.15) is 40.5 Å². The van der Waals surface area contributed by atoms with Gasteiger partial charge in [0.05, 0.1) is 0 Å². The first-order valence-corrected chi connectivity index (χ1v) is 5.07. The molecule has 2 atom stereocenters. The van der Waals surface area contributed by atoms with Gasteiger partial charge in [-0.05, 0) is 31.6 Å². The van der Waals surface area contributed by atoms with Crippen LogP contribution in [0.2, 0.25) is 0 Å².